The Bertz CT molecular complexity index is 880. The van der Waals surface area contributed by atoms with Gasteiger partial charge in [0.2, 0.25) is 0 Å². The molecule has 2 aromatic rings. The van der Waals surface area contributed by atoms with Crippen molar-refractivity contribution in [1.29, 1.82) is 0 Å². The molecule has 0 bridgehead atoms. The molecule has 0 aliphatic carbocycles. The fourth-order valence-corrected chi connectivity index (χ4v) is 3.73. The highest BCUT2D eigenvalue weighted by Gasteiger charge is 2.40. The smallest absolute Gasteiger partial charge is 0.268 e. The van der Waals surface area contributed by atoms with E-state index in [0.717, 1.165) is 11.0 Å². The number of hydrogen-bond donors (Lipinski definition) is 0. The van der Waals surface area contributed by atoms with Crippen LogP contribution in [0.2, 0.25) is 5.02 Å². The van der Waals surface area contributed by atoms with Crippen molar-refractivity contribution in [2.45, 2.75) is 19.1 Å². The summed E-state index contributed by atoms with van der Waals surface area (Å²) in [6, 6.07) is 12.9. The van der Waals surface area contributed by atoms with Gasteiger partial charge in [-0.25, -0.2) is 9.29 Å². The molecule has 0 spiro atoms. The normalized spacial score (nSPS) is 14.8. The van der Waals surface area contributed by atoms with Gasteiger partial charge in [0, 0.05) is 5.25 Å². The van der Waals surface area contributed by atoms with Crippen LogP contribution in [-0.4, -0.2) is 17.1 Å². The summed E-state index contributed by atoms with van der Waals surface area (Å²) in [6.07, 6.45) is 0. The van der Waals surface area contributed by atoms with Crippen LogP contribution in [0.3, 0.4) is 0 Å². The van der Waals surface area contributed by atoms with Gasteiger partial charge in [-0.15, -0.1) is 11.8 Å². The number of halogens is 2. The van der Waals surface area contributed by atoms with Crippen molar-refractivity contribution < 1.29 is 14.0 Å². The minimum Gasteiger partial charge on any atom is -0.268 e. The Morgan fingerprint density at radius 2 is 1.72 bits per heavy atom. The Morgan fingerprint density at radius 1 is 1.04 bits per heavy atom. The van der Waals surface area contributed by atoms with E-state index in [9.17, 15) is 14.0 Å². The fourth-order valence-electron chi connectivity index (χ4n) is 2.57. The van der Waals surface area contributed by atoms with E-state index in [1.165, 1.54) is 23.9 Å². The first-order valence-corrected chi connectivity index (χ1v) is 8.96. The first kappa shape index (κ1) is 17.7. The average Bonchev–Trinajstić information content (AvgIpc) is 2.81. The SMILES string of the molecule is CC(C)SC1=C(c2ccccc2)C(=O)N(c2ccc(F)c(Cl)c2)C1=O. The zero-order chi connectivity index (χ0) is 18.1. The number of benzene rings is 2. The Morgan fingerprint density at radius 3 is 2.32 bits per heavy atom. The molecule has 0 unspecified atom stereocenters. The molecule has 0 atom stereocenters. The molecule has 128 valence electrons. The Balaban J connectivity index is 2.10. The summed E-state index contributed by atoms with van der Waals surface area (Å²) in [5.41, 5.74) is 1.30. The minimum atomic E-state index is -0.600. The molecule has 3 nitrogen and oxygen atoms in total. The van der Waals surface area contributed by atoms with E-state index < -0.39 is 17.6 Å². The number of amides is 2. The van der Waals surface area contributed by atoms with E-state index in [4.69, 9.17) is 11.6 Å². The van der Waals surface area contributed by atoms with Crippen molar-refractivity contribution in [2.24, 2.45) is 0 Å². The van der Waals surface area contributed by atoms with Crippen LogP contribution in [0, 0.1) is 5.82 Å². The molecule has 2 amide bonds. The van der Waals surface area contributed by atoms with Gasteiger partial charge in [-0.05, 0) is 23.8 Å². The van der Waals surface area contributed by atoms with Crippen molar-refractivity contribution in [1.82, 2.24) is 0 Å². The standard InChI is InChI=1S/C19H15ClFNO2S/c1-11(2)25-17-16(12-6-4-3-5-7-12)18(23)22(19(17)24)13-8-9-15(21)14(20)10-13/h3-11H,1-2H3. The number of carbonyl (C=O) groups excluding carboxylic acids is 2. The van der Waals surface area contributed by atoms with Gasteiger partial charge >= 0.3 is 0 Å². The second-order valence-corrected chi connectivity index (χ2v) is 7.77. The lowest BCUT2D eigenvalue weighted by Gasteiger charge is -2.16. The van der Waals surface area contributed by atoms with Gasteiger partial charge in [0.05, 0.1) is 21.2 Å². The van der Waals surface area contributed by atoms with Crippen LogP contribution in [0.4, 0.5) is 10.1 Å². The van der Waals surface area contributed by atoms with E-state index >= 15 is 0 Å². The van der Waals surface area contributed by atoms with Gasteiger partial charge in [-0.3, -0.25) is 9.59 Å². The third kappa shape index (κ3) is 3.34. The average molecular weight is 376 g/mol. The predicted molar refractivity (Wildman–Crippen MR) is 100.0 cm³/mol. The number of rotatable bonds is 4. The van der Waals surface area contributed by atoms with Crippen LogP contribution in [0.15, 0.2) is 53.4 Å². The number of anilines is 1. The summed E-state index contributed by atoms with van der Waals surface area (Å²) in [4.78, 5) is 27.4. The number of hydrogen-bond acceptors (Lipinski definition) is 3. The van der Waals surface area contributed by atoms with Crippen LogP contribution in [0.5, 0.6) is 0 Å². The van der Waals surface area contributed by atoms with Gasteiger partial charge in [0.1, 0.15) is 5.82 Å². The van der Waals surface area contributed by atoms with E-state index in [0.29, 0.717) is 16.0 Å². The highest BCUT2D eigenvalue weighted by atomic mass is 35.5. The summed E-state index contributed by atoms with van der Waals surface area (Å²) in [5, 5.41) is -0.00783. The lowest BCUT2D eigenvalue weighted by molar-refractivity contribution is -0.119. The second-order valence-electron chi connectivity index (χ2n) is 5.78. The molecule has 0 saturated heterocycles. The lowest BCUT2D eigenvalue weighted by atomic mass is 10.1. The quantitative estimate of drug-likeness (QED) is 0.713. The topological polar surface area (TPSA) is 37.4 Å². The maximum absolute atomic E-state index is 13.4. The molecule has 1 aliphatic heterocycles. The van der Waals surface area contributed by atoms with Crippen molar-refractivity contribution in [3.8, 4) is 0 Å². The molecule has 0 aromatic heterocycles. The van der Waals surface area contributed by atoms with E-state index in [1.807, 2.05) is 32.0 Å². The number of carbonyl (C=O) groups is 2. The molecule has 3 rings (SSSR count). The van der Waals surface area contributed by atoms with Crippen molar-refractivity contribution in [3.05, 3.63) is 69.8 Å². The lowest BCUT2D eigenvalue weighted by Crippen LogP contribution is -2.31. The van der Waals surface area contributed by atoms with Gasteiger partial charge in [0.25, 0.3) is 11.8 Å². The Labute approximate surface area is 154 Å². The number of thioether (sulfide) groups is 1. The monoisotopic (exact) mass is 375 g/mol. The highest BCUT2D eigenvalue weighted by molar-refractivity contribution is 8.04. The molecule has 0 N–H and O–H groups in total. The largest absolute Gasteiger partial charge is 0.272 e. The molecule has 1 aliphatic rings. The molecule has 0 radical (unpaired) electrons. The first-order valence-electron chi connectivity index (χ1n) is 7.70. The second kappa shape index (κ2) is 7.02. The molecule has 0 saturated carbocycles. The summed E-state index contributed by atoms with van der Waals surface area (Å²) in [7, 11) is 0. The maximum Gasteiger partial charge on any atom is 0.272 e. The summed E-state index contributed by atoms with van der Waals surface area (Å²) >= 11 is 7.16. The summed E-state index contributed by atoms with van der Waals surface area (Å²) < 4.78 is 13.4. The third-order valence-electron chi connectivity index (χ3n) is 3.62. The van der Waals surface area contributed by atoms with Crippen LogP contribution in [0.25, 0.3) is 5.57 Å². The van der Waals surface area contributed by atoms with Gasteiger partial charge < -0.3 is 0 Å². The van der Waals surface area contributed by atoms with Crippen LogP contribution < -0.4 is 4.90 Å². The summed E-state index contributed by atoms with van der Waals surface area (Å²) in [6.45, 7) is 3.91. The van der Waals surface area contributed by atoms with Crippen LogP contribution >= 0.6 is 23.4 Å². The van der Waals surface area contributed by atoms with Gasteiger partial charge in [-0.2, -0.15) is 0 Å². The van der Waals surface area contributed by atoms with Gasteiger partial charge in [0.15, 0.2) is 0 Å². The van der Waals surface area contributed by atoms with E-state index in [-0.39, 0.29) is 16.0 Å². The third-order valence-corrected chi connectivity index (χ3v) is 4.99. The molecular weight excluding hydrogens is 361 g/mol. The maximum atomic E-state index is 13.4. The first-order chi connectivity index (χ1) is 11.9. The zero-order valence-electron chi connectivity index (χ0n) is 13.6. The van der Waals surface area contributed by atoms with Crippen molar-refractivity contribution in [3.63, 3.8) is 0 Å². The minimum absolute atomic E-state index is 0.127. The fraction of sp³-hybridized carbons (Fsp3) is 0.158. The Hall–Kier alpha value is -2.11. The van der Waals surface area contributed by atoms with E-state index in [1.54, 1.807) is 12.1 Å². The highest BCUT2D eigenvalue weighted by Crippen LogP contribution is 2.40. The van der Waals surface area contributed by atoms with Crippen LogP contribution in [0.1, 0.15) is 19.4 Å². The summed E-state index contributed by atoms with van der Waals surface area (Å²) in [5.74, 6) is -1.44. The predicted octanol–water partition coefficient (Wildman–Crippen LogP) is 4.91. The number of nitrogens with zero attached hydrogens (tertiary/aromatic N) is 1. The molecular formula is C19H15ClFNO2S. The van der Waals surface area contributed by atoms with Crippen LogP contribution in [-0.2, 0) is 9.59 Å². The molecule has 2 aromatic carbocycles. The molecule has 1 heterocycles. The molecule has 25 heavy (non-hydrogen) atoms. The number of imide groups is 1. The van der Waals surface area contributed by atoms with Gasteiger partial charge in [-0.1, -0.05) is 55.8 Å². The zero-order valence-corrected chi connectivity index (χ0v) is 15.2. The van der Waals surface area contributed by atoms with Crippen molar-refractivity contribution in [2.75, 3.05) is 4.90 Å². The molecule has 6 heteroatoms. The Kier molecular flexibility index (Phi) is 4.97. The van der Waals surface area contributed by atoms with E-state index in [2.05, 4.69) is 0 Å². The van der Waals surface area contributed by atoms with Crippen molar-refractivity contribution >= 4 is 46.4 Å². The molecule has 0 fully saturated rings.